The number of carbonyl (C=O) groups excluding carboxylic acids is 2. The molecule has 0 radical (unpaired) electrons. The maximum Gasteiger partial charge on any atom is 0.331 e. The first-order valence-corrected chi connectivity index (χ1v) is 8.78. The summed E-state index contributed by atoms with van der Waals surface area (Å²) in [5.74, 6) is 0.983. The molecular weight excluding hydrogens is 318 g/mol. The molecule has 0 aromatic heterocycles. The normalized spacial score (nSPS) is 23.2. The Kier molecular flexibility index (Phi) is 7.04. The van der Waals surface area contributed by atoms with Crippen molar-refractivity contribution < 1.29 is 19.1 Å². The predicted molar refractivity (Wildman–Crippen MR) is 97.1 cm³/mol. The van der Waals surface area contributed by atoms with E-state index >= 15 is 0 Å². The topological polar surface area (TPSA) is 64.6 Å². The minimum absolute atomic E-state index is 0.169. The van der Waals surface area contributed by atoms with Crippen molar-refractivity contribution in [2.45, 2.75) is 39.2 Å². The first-order valence-electron chi connectivity index (χ1n) is 8.78. The zero-order valence-electron chi connectivity index (χ0n) is 15.2. The molecule has 0 spiro atoms. The third kappa shape index (κ3) is 5.93. The maximum absolute atomic E-state index is 12.0. The van der Waals surface area contributed by atoms with Crippen LogP contribution in [0.4, 0.5) is 0 Å². The van der Waals surface area contributed by atoms with Gasteiger partial charge in [0.25, 0.3) is 5.91 Å². The number of hydrogen-bond donors (Lipinski definition) is 1. The molecule has 1 aromatic rings. The molecule has 1 N–H and O–H groups in total. The van der Waals surface area contributed by atoms with Crippen LogP contribution in [0.25, 0.3) is 6.08 Å². The van der Waals surface area contributed by atoms with E-state index in [1.54, 1.807) is 13.2 Å². The average molecular weight is 345 g/mol. The SMILES string of the molecule is COc1cccc(/C=C/C(=O)OCC(=O)N[C@H]2CCC[C@H](C)[C@@H]2C)c1. The van der Waals surface area contributed by atoms with Crippen LogP contribution in [0.5, 0.6) is 5.75 Å². The fourth-order valence-electron chi connectivity index (χ4n) is 3.13. The smallest absolute Gasteiger partial charge is 0.331 e. The number of esters is 1. The standard InChI is InChI=1S/C20H27NO4/c1-14-6-4-9-18(15(14)2)21-19(22)13-25-20(23)11-10-16-7-5-8-17(12-16)24-3/h5,7-8,10-12,14-15,18H,4,6,9,13H2,1-3H3,(H,21,22)/b11-10+/t14-,15-,18-/m0/s1. The maximum atomic E-state index is 12.0. The van der Waals surface area contributed by atoms with Crippen LogP contribution in [0.1, 0.15) is 38.7 Å². The second kappa shape index (κ2) is 9.25. The number of nitrogens with one attached hydrogen (secondary N) is 1. The van der Waals surface area contributed by atoms with Crippen LogP contribution in [0.3, 0.4) is 0 Å². The molecule has 0 aliphatic heterocycles. The summed E-state index contributed by atoms with van der Waals surface area (Å²) in [6, 6.07) is 7.49. The van der Waals surface area contributed by atoms with Crippen LogP contribution in [0.15, 0.2) is 30.3 Å². The molecule has 1 amide bonds. The van der Waals surface area contributed by atoms with Crippen molar-refractivity contribution in [2.75, 3.05) is 13.7 Å². The van der Waals surface area contributed by atoms with E-state index in [0.717, 1.165) is 18.4 Å². The lowest BCUT2D eigenvalue weighted by molar-refractivity contribution is -0.144. The Labute approximate surface area is 149 Å². The van der Waals surface area contributed by atoms with Gasteiger partial charge in [0.15, 0.2) is 6.61 Å². The Hall–Kier alpha value is -2.30. The number of carbonyl (C=O) groups is 2. The summed E-state index contributed by atoms with van der Waals surface area (Å²) in [4.78, 5) is 23.8. The summed E-state index contributed by atoms with van der Waals surface area (Å²) < 4.78 is 10.1. The molecule has 1 saturated carbocycles. The van der Waals surface area contributed by atoms with Crippen molar-refractivity contribution in [1.29, 1.82) is 0 Å². The first-order chi connectivity index (χ1) is 12.0. The number of rotatable bonds is 6. The highest BCUT2D eigenvalue weighted by Gasteiger charge is 2.28. The number of benzene rings is 1. The van der Waals surface area contributed by atoms with Gasteiger partial charge in [0.1, 0.15) is 5.75 Å². The lowest BCUT2D eigenvalue weighted by atomic mass is 9.78. The predicted octanol–water partition coefficient (Wildman–Crippen LogP) is 3.19. The average Bonchev–Trinajstić information content (AvgIpc) is 2.62. The lowest BCUT2D eigenvalue weighted by Gasteiger charge is -2.34. The van der Waals surface area contributed by atoms with Gasteiger partial charge in [-0.1, -0.05) is 38.8 Å². The van der Waals surface area contributed by atoms with Crippen molar-refractivity contribution in [1.82, 2.24) is 5.32 Å². The molecular formula is C20H27NO4. The van der Waals surface area contributed by atoms with E-state index in [1.807, 2.05) is 24.3 Å². The highest BCUT2D eigenvalue weighted by molar-refractivity contribution is 5.89. The van der Waals surface area contributed by atoms with Crippen LogP contribution in [0.2, 0.25) is 0 Å². The van der Waals surface area contributed by atoms with E-state index in [1.165, 1.54) is 12.5 Å². The number of hydrogen-bond acceptors (Lipinski definition) is 4. The molecule has 2 rings (SSSR count). The Morgan fingerprint density at radius 1 is 1.28 bits per heavy atom. The third-order valence-electron chi connectivity index (χ3n) is 4.90. The Morgan fingerprint density at radius 3 is 2.84 bits per heavy atom. The van der Waals surface area contributed by atoms with Gasteiger partial charge in [-0.25, -0.2) is 4.79 Å². The summed E-state index contributed by atoms with van der Waals surface area (Å²) in [7, 11) is 1.59. The quantitative estimate of drug-likeness (QED) is 0.635. The minimum Gasteiger partial charge on any atom is -0.497 e. The highest BCUT2D eigenvalue weighted by atomic mass is 16.5. The minimum atomic E-state index is -0.539. The molecule has 0 saturated heterocycles. The summed E-state index contributed by atoms with van der Waals surface area (Å²) in [6.45, 7) is 4.13. The zero-order valence-corrected chi connectivity index (χ0v) is 15.2. The van der Waals surface area contributed by atoms with Crippen molar-refractivity contribution >= 4 is 18.0 Å². The van der Waals surface area contributed by atoms with E-state index in [0.29, 0.717) is 17.6 Å². The summed E-state index contributed by atoms with van der Waals surface area (Å²) in [5.41, 5.74) is 0.825. The molecule has 1 aromatic carbocycles. The molecule has 0 bridgehead atoms. The monoisotopic (exact) mass is 345 g/mol. The molecule has 3 atom stereocenters. The number of methoxy groups -OCH3 is 1. The van der Waals surface area contributed by atoms with E-state index in [4.69, 9.17) is 9.47 Å². The van der Waals surface area contributed by atoms with Crippen LogP contribution in [-0.2, 0) is 14.3 Å². The van der Waals surface area contributed by atoms with Gasteiger partial charge < -0.3 is 14.8 Å². The molecule has 1 aliphatic rings. The van der Waals surface area contributed by atoms with Gasteiger partial charge in [-0.05, 0) is 42.0 Å². The van der Waals surface area contributed by atoms with Gasteiger partial charge in [0.2, 0.25) is 0 Å². The Morgan fingerprint density at radius 2 is 2.08 bits per heavy atom. The van der Waals surface area contributed by atoms with Crippen LogP contribution < -0.4 is 10.1 Å². The summed E-state index contributed by atoms with van der Waals surface area (Å²) >= 11 is 0. The van der Waals surface area contributed by atoms with E-state index in [2.05, 4.69) is 19.2 Å². The van der Waals surface area contributed by atoms with Crippen molar-refractivity contribution in [2.24, 2.45) is 11.8 Å². The van der Waals surface area contributed by atoms with E-state index in [-0.39, 0.29) is 18.6 Å². The molecule has 25 heavy (non-hydrogen) atoms. The first kappa shape index (κ1) is 19.0. The van der Waals surface area contributed by atoms with Crippen LogP contribution >= 0.6 is 0 Å². The van der Waals surface area contributed by atoms with Gasteiger partial charge >= 0.3 is 5.97 Å². The van der Waals surface area contributed by atoms with Gasteiger partial charge in [-0.2, -0.15) is 0 Å². The lowest BCUT2D eigenvalue weighted by Crippen LogP contribution is -2.45. The van der Waals surface area contributed by atoms with E-state index < -0.39 is 5.97 Å². The Balaban J connectivity index is 1.77. The largest absolute Gasteiger partial charge is 0.497 e. The van der Waals surface area contributed by atoms with Gasteiger partial charge in [-0.3, -0.25) is 4.79 Å². The van der Waals surface area contributed by atoms with Gasteiger partial charge in [0.05, 0.1) is 7.11 Å². The molecule has 5 heteroatoms. The van der Waals surface area contributed by atoms with Crippen molar-refractivity contribution in [3.63, 3.8) is 0 Å². The van der Waals surface area contributed by atoms with Crippen LogP contribution in [0, 0.1) is 11.8 Å². The molecule has 1 fully saturated rings. The van der Waals surface area contributed by atoms with Gasteiger partial charge in [0, 0.05) is 12.1 Å². The number of ether oxygens (including phenoxy) is 2. The second-order valence-corrected chi connectivity index (χ2v) is 6.66. The summed E-state index contributed by atoms with van der Waals surface area (Å²) in [6.07, 6.45) is 6.26. The van der Waals surface area contributed by atoms with E-state index in [9.17, 15) is 9.59 Å². The highest BCUT2D eigenvalue weighted by Crippen LogP contribution is 2.29. The fraction of sp³-hybridized carbons (Fsp3) is 0.500. The summed E-state index contributed by atoms with van der Waals surface area (Å²) in [5, 5.41) is 2.99. The van der Waals surface area contributed by atoms with Gasteiger partial charge in [-0.15, -0.1) is 0 Å². The molecule has 136 valence electrons. The number of amides is 1. The fourth-order valence-corrected chi connectivity index (χ4v) is 3.13. The van der Waals surface area contributed by atoms with Crippen molar-refractivity contribution in [3.8, 4) is 5.75 Å². The third-order valence-corrected chi connectivity index (χ3v) is 4.90. The zero-order chi connectivity index (χ0) is 18.2. The molecule has 0 unspecified atom stereocenters. The van der Waals surface area contributed by atoms with Crippen LogP contribution in [-0.4, -0.2) is 31.6 Å². The van der Waals surface area contributed by atoms with Crippen molar-refractivity contribution in [3.05, 3.63) is 35.9 Å². The Bertz CT molecular complexity index is 626. The molecule has 5 nitrogen and oxygen atoms in total. The molecule has 0 heterocycles. The second-order valence-electron chi connectivity index (χ2n) is 6.66. The molecule has 1 aliphatic carbocycles.